The summed E-state index contributed by atoms with van der Waals surface area (Å²) < 4.78 is 0. The summed E-state index contributed by atoms with van der Waals surface area (Å²) in [5.74, 6) is 0.640. The van der Waals surface area contributed by atoms with E-state index < -0.39 is 0 Å². The molecule has 0 saturated heterocycles. The van der Waals surface area contributed by atoms with Crippen LogP contribution in [-0.2, 0) is 6.54 Å². The van der Waals surface area contributed by atoms with Crippen LogP contribution in [0.1, 0.15) is 27.8 Å². The largest absolute Gasteiger partial charge is 0.384 e. The van der Waals surface area contributed by atoms with Crippen molar-refractivity contribution in [1.29, 1.82) is 0 Å². The Morgan fingerprint density at radius 3 is 3.16 bits per heavy atom. The fourth-order valence-corrected chi connectivity index (χ4v) is 3.33. The van der Waals surface area contributed by atoms with Gasteiger partial charge in [0, 0.05) is 35.8 Å². The third kappa shape index (κ3) is 2.96. The molecule has 2 heterocycles. The number of nitrogens with zero attached hydrogens (tertiary/aromatic N) is 1. The van der Waals surface area contributed by atoms with Crippen LogP contribution >= 0.6 is 11.3 Å². The van der Waals surface area contributed by atoms with Gasteiger partial charge in [0.2, 0.25) is 0 Å². The molecule has 1 aliphatic heterocycles. The highest BCUT2D eigenvalue weighted by Gasteiger charge is 2.20. The van der Waals surface area contributed by atoms with Crippen LogP contribution in [0.5, 0.6) is 0 Å². The number of thiazole rings is 1. The monoisotopic (exact) mass is 273 g/mol. The first-order valence-electron chi connectivity index (χ1n) is 6.78. The highest BCUT2D eigenvalue weighted by atomic mass is 32.1. The number of anilines is 1. The molecule has 1 aliphatic rings. The molecule has 3 rings (SSSR count). The minimum Gasteiger partial charge on any atom is -0.384 e. The summed E-state index contributed by atoms with van der Waals surface area (Å²) in [6, 6.07) is 8.63. The van der Waals surface area contributed by atoms with Crippen molar-refractivity contribution in [2.45, 2.75) is 25.8 Å². The molecule has 0 saturated carbocycles. The maximum absolute atomic E-state index is 4.36. The zero-order valence-corrected chi connectivity index (χ0v) is 12.0. The zero-order chi connectivity index (χ0) is 13.1. The second-order valence-electron chi connectivity index (χ2n) is 5.00. The Hall–Kier alpha value is -1.39. The summed E-state index contributed by atoms with van der Waals surface area (Å²) in [4.78, 5) is 5.65. The van der Waals surface area contributed by atoms with Crippen molar-refractivity contribution in [3.63, 3.8) is 0 Å². The van der Waals surface area contributed by atoms with Crippen LogP contribution < -0.4 is 10.6 Å². The van der Waals surface area contributed by atoms with Crippen LogP contribution in [0.4, 0.5) is 5.69 Å². The van der Waals surface area contributed by atoms with Crippen molar-refractivity contribution in [3.05, 3.63) is 45.9 Å². The van der Waals surface area contributed by atoms with Gasteiger partial charge in [-0.3, -0.25) is 0 Å². The second kappa shape index (κ2) is 5.72. The first-order valence-corrected chi connectivity index (χ1v) is 7.59. The van der Waals surface area contributed by atoms with E-state index in [4.69, 9.17) is 0 Å². The van der Waals surface area contributed by atoms with Gasteiger partial charge >= 0.3 is 0 Å². The Balaban J connectivity index is 1.46. The lowest BCUT2D eigenvalue weighted by Gasteiger charge is -2.10. The van der Waals surface area contributed by atoms with E-state index >= 15 is 0 Å². The number of aromatic nitrogens is 1. The quantitative estimate of drug-likeness (QED) is 0.822. The van der Waals surface area contributed by atoms with Crippen molar-refractivity contribution in [2.75, 3.05) is 18.4 Å². The number of nitrogens with one attached hydrogen (secondary N) is 2. The van der Waals surface area contributed by atoms with Crippen LogP contribution in [0.25, 0.3) is 0 Å². The van der Waals surface area contributed by atoms with E-state index in [1.807, 2.05) is 6.20 Å². The summed E-state index contributed by atoms with van der Waals surface area (Å²) in [5.41, 5.74) is 2.78. The van der Waals surface area contributed by atoms with Crippen molar-refractivity contribution in [1.82, 2.24) is 10.3 Å². The zero-order valence-electron chi connectivity index (χ0n) is 11.1. The molecule has 2 N–H and O–H groups in total. The van der Waals surface area contributed by atoms with Crippen LogP contribution in [-0.4, -0.2) is 18.1 Å². The van der Waals surface area contributed by atoms with Gasteiger partial charge in [0.15, 0.2) is 0 Å². The van der Waals surface area contributed by atoms with E-state index in [0.29, 0.717) is 5.92 Å². The van der Waals surface area contributed by atoms with Crippen molar-refractivity contribution in [2.24, 2.45) is 0 Å². The molecule has 19 heavy (non-hydrogen) atoms. The molecule has 1 aromatic carbocycles. The third-order valence-electron chi connectivity index (χ3n) is 3.55. The van der Waals surface area contributed by atoms with Gasteiger partial charge < -0.3 is 10.6 Å². The van der Waals surface area contributed by atoms with Gasteiger partial charge in [-0.25, -0.2) is 4.98 Å². The average molecular weight is 273 g/mol. The molecular weight excluding hydrogens is 254 g/mol. The lowest BCUT2D eigenvalue weighted by atomic mass is 9.98. The molecule has 0 aliphatic carbocycles. The number of para-hydroxylation sites is 1. The Morgan fingerprint density at radius 2 is 2.32 bits per heavy atom. The normalized spacial score (nSPS) is 17.2. The minimum atomic E-state index is 0.640. The van der Waals surface area contributed by atoms with Crippen LogP contribution in [0, 0.1) is 6.92 Å². The summed E-state index contributed by atoms with van der Waals surface area (Å²) in [6.45, 7) is 5.10. The molecule has 1 aromatic heterocycles. The summed E-state index contributed by atoms with van der Waals surface area (Å²) in [7, 11) is 0. The molecular formula is C15H19N3S. The van der Waals surface area contributed by atoms with Gasteiger partial charge in [0.05, 0.1) is 0 Å². The standard InChI is InChI=1S/C15H19N3S/c1-11-8-18-15(19-11)10-16-7-6-12-9-17-14-5-3-2-4-13(12)14/h2-5,8,12,16-17H,6-7,9-10H2,1H3. The fraction of sp³-hybridized carbons (Fsp3) is 0.400. The Kier molecular flexibility index (Phi) is 3.80. The molecule has 0 bridgehead atoms. The molecule has 1 atom stereocenters. The van der Waals surface area contributed by atoms with E-state index in [1.54, 1.807) is 11.3 Å². The minimum absolute atomic E-state index is 0.640. The molecule has 0 spiro atoms. The molecule has 0 amide bonds. The number of hydrogen-bond acceptors (Lipinski definition) is 4. The summed E-state index contributed by atoms with van der Waals surface area (Å²) in [6.07, 6.45) is 3.12. The maximum Gasteiger partial charge on any atom is 0.107 e. The van der Waals surface area contributed by atoms with E-state index in [2.05, 4.69) is 46.8 Å². The molecule has 1 unspecified atom stereocenters. The number of hydrogen-bond donors (Lipinski definition) is 2. The topological polar surface area (TPSA) is 37.0 Å². The highest BCUT2D eigenvalue weighted by molar-refractivity contribution is 7.11. The number of aryl methyl sites for hydroxylation is 1. The summed E-state index contributed by atoms with van der Waals surface area (Å²) in [5, 5.41) is 8.15. The lowest BCUT2D eigenvalue weighted by Crippen LogP contribution is -2.17. The van der Waals surface area contributed by atoms with Gasteiger partial charge in [0.25, 0.3) is 0 Å². The van der Waals surface area contributed by atoms with Crippen molar-refractivity contribution in [3.8, 4) is 0 Å². The van der Waals surface area contributed by atoms with E-state index in [0.717, 1.165) is 19.6 Å². The van der Waals surface area contributed by atoms with E-state index in [9.17, 15) is 0 Å². The molecule has 3 nitrogen and oxygen atoms in total. The van der Waals surface area contributed by atoms with Crippen molar-refractivity contribution >= 4 is 17.0 Å². The van der Waals surface area contributed by atoms with Gasteiger partial charge in [0.1, 0.15) is 5.01 Å². The second-order valence-corrected chi connectivity index (χ2v) is 6.31. The highest BCUT2D eigenvalue weighted by Crippen LogP contribution is 2.32. The predicted molar refractivity (Wildman–Crippen MR) is 80.8 cm³/mol. The molecule has 0 radical (unpaired) electrons. The fourth-order valence-electron chi connectivity index (χ4n) is 2.57. The number of rotatable bonds is 5. The molecule has 100 valence electrons. The molecule has 2 aromatic rings. The molecule has 4 heteroatoms. The first-order chi connectivity index (χ1) is 9.33. The summed E-state index contributed by atoms with van der Waals surface area (Å²) >= 11 is 1.77. The van der Waals surface area contributed by atoms with E-state index in [-0.39, 0.29) is 0 Å². The van der Waals surface area contributed by atoms with Crippen LogP contribution in [0.2, 0.25) is 0 Å². The van der Waals surface area contributed by atoms with E-state index in [1.165, 1.54) is 27.6 Å². The first kappa shape index (κ1) is 12.6. The Morgan fingerprint density at radius 1 is 1.42 bits per heavy atom. The molecule has 0 fully saturated rings. The van der Waals surface area contributed by atoms with Gasteiger partial charge in [-0.2, -0.15) is 0 Å². The van der Waals surface area contributed by atoms with Gasteiger partial charge in [-0.05, 0) is 31.5 Å². The Labute approximate surface area is 118 Å². The third-order valence-corrected chi connectivity index (χ3v) is 4.47. The smallest absolute Gasteiger partial charge is 0.107 e. The number of benzene rings is 1. The Bertz CT molecular complexity index is 550. The SMILES string of the molecule is Cc1cnc(CNCCC2CNc3ccccc32)s1. The average Bonchev–Trinajstić information content (AvgIpc) is 3.02. The van der Waals surface area contributed by atoms with Crippen molar-refractivity contribution < 1.29 is 0 Å². The predicted octanol–water partition coefficient (Wildman–Crippen LogP) is 3.14. The van der Waals surface area contributed by atoms with Gasteiger partial charge in [-0.1, -0.05) is 18.2 Å². The van der Waals surface area contributed by atoms with Crippen LogP contribution in [0.15, 0.2) is 30.5 Å². The van der Waals surface area contributed by atoms with Gasteiger partial charge in [-0.15, -0.1) is 11.3 Å². The van der Waals surface area contributed by atoms with Crippen LogP contribution in [0.3, 0.4) is 0 Å². The lowest BCUT2D eigenvalue weighted by molar-refractivity contribution is 0.592. The number of fused-ring (bicyclic) bond motifs is 1. The maximum atomic E-state index is 4.36.